The second-order valence-electron chi connectivity index (χ2n) is 12.9. The van der Waals surface area contributed by atoms with E-state index in [1.807, 2.05) is 12.1 Å². The lowest BCUT2D eigenvalue weighted by molar-refractivity contribution is -0.137. The average Bonchev–Trinajstić information content (AvgIpc) is 2.98. The van der Waals surface area contributed by atoms with Crippen LogP contribution in [0.5, 0.6) is 5.75 Å². The minimum absolute atomic E-state index is 0.0406. The average molecular weight is 626 g/mol. The Hall–Kier alpha value is -3.29. The minimum Gasteiger partial charge on any atom is -0.478 e. The highest BCUT2D eigenvalue weighted by molar-refractivity contribution is 6.30. The summed E-state index contributed by atoms with van der Waals surface area (Å²) >= 11 is 6.17. The number of carboxylic acids is 1. The first-order valence-electron chi connectivity index (χ1n) is 15.2. The molecular weight excluding hydrogens is 587 g/mol. The van der Waals surface area contributed by atoms with Gasteiger partial charge in [-0.15, -0.1) is 0 Å². The van der Waals surface area contributed by atoms with Crippen LogP contribution >= 0.6 is 11.6 Å². The second-order valence-corrected chi connectivity index (χ2v) is 13.4. The van der Waals surface area contributed by atoms with Crippen LogP contribution in [0.25, 0.3) is 5.57 Å². The number of likely N-dealkylation sites (tertiary alicyclic amines) is 1. The molecule has 44 heavy (non-hydrogen) atoms. The van der Waals surface area contributed by atoms with Crippen LogP contribution in [0.2, 0.25) is 5.02 Å². The number of allylic oxidation sites excluding steroid dienone is 4. The predicted octanol–water partition coefficient (Wildman–Crippen LogP) is 9.73. The van der Waals surface area contributed by atoms with Gasteiger partial charge in [0.1, 0.15) is 11.5 Å². The molecule has 3 aliphatic rings. The molecule has 8 heteroatoms. The highest BCUT2D eigenvalue weighted by Gasteiger charge is 2.32. The quantitative estimate of drug-likeness (QED) is 0.317. The number of ether oxygens (including phenoxy) is 1. The fourth-order valence-corrected chi connectivity index (χ4v) is 6.53. The Labute approximate surface area is 262 Å². The van der Waals surface area contributed by atoms with Gasteiger partial charge in [-0.2, -0.15) is 13.2 Å². The van der Waals surface area contributed by atoms with Crippen molar-refractivity contribution in [3.63, 3.8) is 0 Å². The zero-order valence-corrected chi connectivity index (χ0v) is 26.0. The molecule has 1 saturated heterocycles. The van der Waals surface area contributed by atoms with Crippen molar-refractivity contribution < 1.29 is 27.8 Å². The topological polar surface area (TPSA) is 49.8 Å². The molecule has 0 unspecified atom stereocenters. The maximum atomic E-state index is 13.2. The molecule has 0 bridgehead atoms. The Kier molecular flexibility index (Phi) is 9.76. The minimum atomic E-state index is -4.52. The smallest absolute Gasteiger partial charge is 0.416 e. The molecule has 4 nitrogen and oxygen atoms in total. The number of carbonyl (C=O) groups is 1. The van der Waals surface area contributed by atoms with E-state index < -0.39 is 17.7 Å². The number of rotatable bonds is 8. The number of carboxylic acid groups (broad SMARTS) is 1. The molecule has 2 aromatic carbocycles. The van der Waals surface area contributed by atoms with Gasteiger partial charge in [0.2, 0.25) is 0 Å². The van der Waals surface area contributed by atoms with Gasteiger partial charge in [-0.3, -0.25) is 4.90 Å². The maximum Gasteiger partial charge on any atom is 0.416 e. The number of benzene rings is 2. The van der Waals surface area contributed by atoms with Crippen molar-refractivity contribution in [1.29, 1.82) is 0 Å². The van der Waals surface area contributed by atoms with Gasteiger partial charge in [-0.25, -0.2) is 4.79 Å². The van der Waals surface area contributed by atoms with E-state index in [2.05, 4.69) is 37.0 Å². The SMILES string of the molecule is CC1(C)CCC(CC2CCN(CC=C3C=CC(C(=O)O)=C(Oc4cccc(C(F)(F)F)c4)C3)CC2)=C(c2ccc(Cl)cc2)C1. The van der Waals surface area contributed by atoms with E-state index in [0.717, 1.165) is 74.5 Å². The normalized spacial score (nSPS) is 20.8. The highest BCUT2D eigenvalue weighted by atomic mass is 35.5. The van der Waals surface area contributed by atoms with E-state index in [1.165, 1.54) is 35.8 Å². The van der Waals surface area contributed by atoms with Gasteiger partial charge in [0, 0.05) is 18.0 Å². The van der Waals surface area contributed by atoms with Crippen LogP contribution in [0.4, 0.5) is 13.2 Å². The summed E-state index contributed by atoms with van der Waals surface area (Å²) in [6.45, 7) is 7.40. The van der Waals surface area contributed by atoms with Gasteiger partial charge in [0.25, 0.3) is 0 Å². The third kappa shape index (κ3) is 8.24. The predicted molar refractivity (Wildman–Crippen MR) is 168 cm³/mol. The fraction of sp³-hybridized carbons (Fsp3) is 0.417. The lowest BCUT2D eigenvalue weighted by Gasteiger charge is -2.37. The van der Waals surface area contributed by atoms with Crippen molar-refractivity contribution >= 4 is 23.1 Å². The molecule has 0 amide bonds. The van der Waals surface area contributed by atoms with E-state index in [4.69, 9.17) is 16.3 Å². The summed E-state index contributed by atoms with van der Waals surface area (Å²) in [7, 11) is 0. The van der Waals surface area contributed by atoms with E-state index in [1.54, 1.807) is 11.6 Å². The third-order valence-corrected chi connectivity index (χ3v) is 9.25. The van der Waals surface area contributed by atoms with Crippen LogP contribution in [-0.2, 0) is 11.0 Å². The Morgan fingerprint density at radius 2 is 1.84 bits per heavy atom. The summed E-state index contributed by atoms with van der Waals surface area (Å²) in [4.78, 5) is 14.2. The molecule has 0 radical (unpaired) electrons. The van der Waals surface area contributed by atoms with Crippen molar-refractivity contribution in [2.45, 2.75) is 65.0 Å². The largest absolute Gasteiger partial charge is 0.478 e. The van der Waals surface area contributed by atoms with Gasteiger partial charge in [-0.1, -0.05) is 61.4 Å². The molecule has 0 aromatic heterocycles. The molecular formula is C36H39ClF3NO3. The van der Waals surface area contributed by atoms with Crippen LogP contribution in [0.1, 0.15) is 69.9 Å². The van der Waals surface area contributed by atoms with Crippen molar-refractivity contribution in [3.8, 4) is 5.75 Å². The van der Waals surface area contributed by atoms with Crippen molar-refractivity contribution in [2.75, 3.05) is 19.6 Å². The van der Waals surface area contributed by atoms with E-state index in [0.29, 0.717) is 11.3 Å². The number of aliphatic carboxylic acids is 1. The van der Waals surface area contributed by atoms with E-state index in [9.17, 15) is 23.1 Å². The van der Waals surface area contributed by atoms with Crippen LogP contribution < -0.4 is 4.74 Å². The summed E-state index contributed by atoms with van der Waals surface area (Å²) < 4.78 is 45.2. The lowest BCUT2D eigenvalue weighted by atomic mass is 9.70. The molecule has 5 rings (SSSR count). The lowest BCUT2D eigenvalue weighted by Crippen LogP contribution is -2.34. The second kappa shape index (κ2) is 13.4. The van der Waals surface area contributed by atoms with Crippen LogP contribution in [0.15, 0.2) is 89.2 Å². The molecule has 0 spiro atoms. The number of hydrogen-bond donors (Lipinski definition) is 1. The molecule has 1 fully saturated rings. The van der Waals surface area contributed by atoms with E-state index in [-0.39, 0.29) is 23.5 Å². The molecule has 2 aromatic rings. The molecule has 0 saturated carbocycles. The first-order chi connectivity index (χ1) is 20.9. The summed E-state index contributed by atoms with van der Waals surface area (Å²) in [6, 6.07) is 12.8. The molecule has 1 heterocycles. The first-order valence-corrected chi connectivity index (χ1v) is 15.6. The highest BCUT2D eigenvalue weighted by Crippen LogP contribution is 2.45. The fourth-order valence-electron chi connectivity index (χ4n) is 6.41. The summed E-state index contributed by atoms with van der Waals surface area (Å²) in [5.74, 6) is -0.452. The van der Waals surface area contributed by atoms with Gasteiger partial charge in [-0.05, 0) is 116 Å². The number of piperidine rings is 1. The Morgan fingerprint density at radius 3 is 2.52 bits per heavy atom. The summed E-state index contributed by atoms with van der Waals surface area (Å²) in [5, 5.41) is 10.4. The van der Waals surface area contributed by atoms with Crippen LogP contribution in [-0.4, -0.2) is 35.6 Å². The van der Waals surface area contributed by atoms with Crippen LogP contribution in [0.3, 0.4) is 0 Å². The molecule has 234 valence electrons. The molecule has 1 aliphatic heterocycles. The molecule has 0 atom stereocenters. The van der Waals surface area contributed by atoms with Crippen LogP contribution in [0, 0.1) is 11.3 Å². The first kappa shape index (κ1) is 32.1. The number of alkyl halides is 3. The summed E-state index contributed by atoms with van der Waals surface area (Å²) in [5.41, 5.74) is 4.64. The van der Waals surface area contributed by atoms with E-state index >= 15 is 0 Å². The summed E-state index contributed by atoms with van der Waals surface area (Å²) in [6.07, 6.45) is 7.76. The van der Waals surface area contributed by atoms with Gasteiger partial charge < -0.3 is 9.84 Å². The molecule has 1 N–H and O–H groups in total. The standard InChI is InChI=1S/C36H39ClF3NO3/c1-35(2)16-12-27(32(23-35)26-7-9-29(37)10-8-26)20-25-14-18-41(19-15-25)17-13-24-6-11-31(34(42)43)33(21-24)44-30-5-3-4-28(22-30)36(38,39)40/h3-11,13,22,25H,12,14-21,23H2,1-2H3,(H,42,43). The Balaban J connectivity index is 1.19. The van der Waals surface area contributed by atoms with Gasteiger partial charge in [0.05, 0.1) is 11.1 Å². The number of hydrogen-bond acceptors (Lipinski definition) is 3. The Bertz CT molecular complexity index is 1490. The van der Waals surface area contributed by atoms with Crippen molar-refractivity contribution in [2.24, 2.45) is 11.3 Å². The monoisotopic (exact) mass is 625 g/mol. The molecule has 2 aliphatic carbocycles. The van der Waals surface area contributed by atoms with Gasteiger partial charge in [0.15, 0.2) is 0 Å². The number of halogens is 4. The Morgan fingerprint density at radius 1 is 1.11 bits per heavy atom. The number of nitrogens with zero attached hydrogens (tertiary/aromatic N) is 1. The van der Waals surface area contributed by atoms with Crippen molar-refractivity contribution in [3.05, 3.63) is 105 Å². The zero-order valence-electron chi connectivity index (χ0n) is 25.2. The maximum absolute atomic E-state index is 13.2. The van der Waals surface area contributed by atoms with Crippen molar-refractivity contribution in [1.82, 2.24) is 4.90 Å². The van der Waals surface area contributed by atoms with Gasteiger partial charge >= 0.3 is 12.1 Å². The zero-order chi connectivity index (χ0) is 31.5. The third-order valence-electron chi connectivity index (χ3n) is 8.99.